The summed E-state index contributed by atoms with van der Waals surface area (Å²) >= 11 is 0. The molecule has 0 aliphatic carbocycles. The molecule has 1 aliphatic heterocycles. The molecular formula is C23H24FN5O3. The Hall–Kier alpha value is -3.62. The molecule has 0 unspecified atom stereocenters. The second-order valence-electron chi connectivity index (χ2n) is 7.89. The van der Waals surface area contributed by atoms with E-state index in [1.54, 1.807) is 35.5 Å². The normalized spacial score (nSPS) is 17.1. The van der Waals surface area contributed by atoms with E-state index in [0.29, 0.717) is 30.4 Å². The molecule has 0 radical (unpaired) electrons. The summed E-state index contributed by atoms with van der Waals surface area (Å²) in [7, 11) is 0. The van der Waals surface area contributed by atoms with Crippen molar-refractivity contribution in [1.82, 2.24) is 25.3 Å². The SMILES string of the molecule is CC(=O)N[C@@H](CC(=O)N1CCC[C@H](c2nc(-c3cccnc3)no2)C1)c1ccc(F)cc1. The molecule has 1 aliphatic rings. The molecule has 32 heavy (non-hydrogen) atoms. The monoisotopic (exact) mass is 437 g/mol. The van der Waals surface area contributed by atoms with Crippen LogP contribution in [0, 0.1) is 5.82 Å². The van der Waals surface area contributed by atoms with Crippen LogP contribution in [0.1, 0.15) is 49.6 Å². The largest absolute Gasteiger partial charge is 0.349 e. The first-order valence-electron chi connectivity index (χ1n) is 10.5. The van der Waals surface area contributed by atoms with Gasteiger partial charge in [-0.15, -0.1) is 0 Å². The van der Waals surface area contributed by atoms with E-state index in [1.165, 1.54) is 19.1 Å². The summed E-state index contributed by atoms with van der Waals surface area (Å²) in [6, 6.07) is 8.94. The quantitative estimate of drug-likeness (QED) is 0.635. The number of benzene rings is 1. The molecule has 2 atom stereocenters. The number of nitrogens with one attached hydrogen (secondary N) is 1. The number of aromatic nitrogens is 3. The van der Waals surface area contributed by atoms with Gasteiger partial charge in [-0.2, -0.15) is 4.98 Å². The second kappa shape index (κ2) is 9.67. The van der Waals surface area contributed by atoms with E-state index in [4.69, 9.17) is 4.52 Å². The minimum absolute atomic E-state index is 0.0596. The standard InChI is InChI=1S/C23H24FN5O3/c1-15(30)26-20(16-6-8-19(24)9-7-16)12-21(31)29-11-3-5-18(14-29)23-27-22(28-32-23)17-4-2-10-25-13-17/h2,4,6-10,13,18,20H,3,5,11-12,14H2,1H3,(H,26,30)/t18-,20-/m0/s1. The smallest absolute Gasteiger partial charge is 0.231 e. The van der Waals surface area contributed by atoms with E-state index in [9.17, 15) is 14.0 Å². The predicted molar refractivity (Wildman–Crippen MR) is 114 cm³/mol. The van der Waals surface area contributed by atoms with Crippen molar-refractivity contribution in [1.29, 1.82) is 0 Å². The lowest BCUT2D eigenvalue weighted by atomic mass is 9.96. The molecule has 166 valence electrons. The lowest BCUT2D eigenvalue weighted by Gasteiger charge is -2.32. The highest BCUT2D eigenvalue weighted by Crippen LogP contribution is 2.29. The number of carbonyl (C=O) groups is 2. The fourth-order valence-electron chi connectivity index (χ4n) is 3.91. The molecule has 0 saturated carbocycles. The zero-order valence-corrected chi connectivity index (χ0v) is 17.7. The molecule has 1 aromatic carbocycles. The highest BCUT2D eigenvalue weighted by Gasteiger charge is 2.30. The lowest BCUT2D eigenvalue weighted by molar-refractivity contribution is -0.133. The molecule has 1 saturated heterocycles. The van der Waals surface area contributed by atoms with Crippen molar-refractivity contribution in [2.45, 2.75) is 38.1 Å². The topological polar surface area (TPSA) is 101 Å². The van der Waals surface area contributed by atoms with Gasteiger partial charge in [0, 0.05) is 38.0 Å². The Kier molecular flexibility index (Phi) is 6.53. The van der Waals surface area contributed by atoms with Gasteiger partial charge in [0.15, 0.2) is 0 Å². The first-order valence-corrected chi connectivity index (χ1v) is 10.5. The number of rotatable bonds is 6. The van der Waals surface area contributed by atoms with E-state index in [1.807, 2.05) is 6.07 Å². The van der Waals surface area contributed by atoms with Crippen molar-refractivity contribution in [2.24, 2.45) is 0 Å². The molecular weight excluding hydrogens is 413 g/mol. The second-order valence-corrected chi connectivity index (χ2v) is 7.89. The van der Waals surface area contributed by atoms with Gasteiger partial charge in [-0.3, -0.25) is 14.6 Å². The summed E-state index contributed by atoms with van der Waals surface area (Å²) in [4.78, 5) is 35.1. The van der Waals surface area contributed by atoms with Gasteiger partial charge < -0.3 is 14.7 Å². The number of pyridine rings is 1. The fraction of sp³-hybridized carbons (Fsp3) is 0.348. The van der Waals surface area contributed by atoms with Gasteiger partial charge in [-0.25, -0.2) is 4.39 Å². The number of nitrogens with zero attached hydrogens (tertiary/aromatic N) is 4. The predicted octanol–water partition coefficient (Wildman–Crippen LogP) is 3.24. The highest BCUT2D eigenvalue weighted by molar-refractivity contribution is 5.79. The number of amides is 2. The van der Waals surface area contributed by atoms with Gasteiger partial charge >= 0.3 is 0 Å². The number of piperidine rings is 1. The Morgan fingerprint density at radius 1 is 1.28 bits per heavy atom. The fourth-order valence-corrected chi connectivity index (χ4v) is 3.91. The van der Waals surface area contributed by atoms with Gasteiger partial charge in [0.25, 0.3) is 0 Å². The maximum atomic E-state index is 13.3. The van der Waals surface area contributed by atoms with Crippen LogP contribution >= 0.6 is 0 Å². The number of halogens is 1. The van der Waals surface area contributed by atoms with Crippen LogP contribution in [-0.4, -0.2) is 44.9 Å². The van der Waals surface area contributed by atoms with Gasteiger partial charge in [-0.1, -0.05) is 17.3 Å². The Balaban J connectivity index is 1.44. The van der Waals surface area contributed by atoms with E-state index < -0.39 is 6.04 Å². The van der Waals surface area contributed by atoms with Crippen molar-refractivity contribution in [3.63, 3.8) is 0 Å². The number of hydrogen-bond donors (Lipinski definition) is 1. The van der Waals surface area contributed by atoms with Crippen LogP contribution in [0.15, 0.2) is 53.3 Å². The molecule has 2 amide bonds. The van der Waals surface area contributed by atoms with Crippen molar-refractivity contribution in [3.8, 4) is 11.4 Å². The summed E-state index contributed by atoms with van der Waals surface area (Å²) in [5.74, 6) is 0.195. The molecule has 0 spiro atoms. The molecule has 3 aromatic rings. The third-order valence-corrected chi connectivity index (χ3v) is 5.51. The average molecular weight is 437 g/mol. The third kappa shape index (κ3) is 5.16. The Morgan fingerprint density at radius 3 is 2.81 bits per heavy atom. The van der Waals surface area contributed by atoms with E-state index >= 15 is 0 Å². The zero-order chi connectivity index (χ0) is 22.5. The number of likely N-dealkylation sites (tertiary alicyclic amines) is 1. The van der Waals surface area contributed by atoms with Crippen LogP contribution in [0.4, 0.5) is 4.39 Å². The van der Waals surface area contributed by atoms with Gasteiger partial charge in [-0.05, 0) is 42.7 Å². The van der Waals surface area contributed by atoms with Gasteiger partial charge in [0.05, 0.1) is 18.4 Å². The molecule has 8 nitrogen and oxygen atoms in total. The Labute approximate surface area is 184 Å². The van der Waals surface area contributed by atoms with Crippen molar-refractivity contribution >= 4 is 11.8 Å². The van der Waals surface area contributed by atoms with Crippen LogP contribution in [0.25, 0.3) is 11.4 Å². The van der Waals surface area contributed by atoms with E-state index in [2.05, 4.69) is 20.4 Å². The number of carbonyl (C=O) groups excluding carboxylic acids is 2. The zero-order valence-electron chi connectivity index (χ0n) is 17.7. The summed E-state index contributed by atoms with van der Waals surface area (Å²) in [5.41, 5.74) is 1.45. The van der Waals surface area contributed by atoms with Gasteiger partial charge in [0.1, 0.15) is 5.82 Å². The first-order chi connectivity index (χ1) is 15.5. The maximum Gasteiger partial charge on any atom is 0.231 e. The van der Waals surface area contributed by atoms with Crippen LogP contribution in [0.3, 0.4) is 0 Å². The van der Waals surface area contributed by atoms with Gasteiger partial charge in [0.2, 0.25) is 23.5 Å². The van der Waals surface area contributed by atoms with E-state index in [0.717, 1.165) is 18.4 Å². The molecule has 2 aromatic heterocycles. The van der Waals surface area contributed by atoms with Crippen molar-refractivity contribution < 1.29 is 18.5 Å². The van der Waals surface area contributed by atoms with Crippen molar-refractivity contribution in [3.05, 3.63) is 66.1 Å². The Bertz CT molecular complexity index is 1070. The van der Waals surface area contributed by atoms with Crippen LogP contribution in [0.5, 0.6) is 0 Å². The summed E-state index contributed by atoms with van der Waals surface area (Å²) in [6.07, 6.45) is 5.08. The Morgan fingerprint density at radius 2 is 2.09 bits per heavy atom. The summed E-state index contributed by atoms with van der Waals surface area (Å²) in [5, 5.41) is 6.85. The molecule has 1 N–H and O–H groups in total. The molecule has 9 heteroatoms. The van der Waals surface area contributed by atoms with Crippen LogP contribution in [0.2, 0.25) is 0 Å². The van der Waals surface area contributed by atoms with Crippen molar-refractivity contribution in [2.75, 3.05) is 13.1 Å². The molecule has 1 fully saturated rings. The summed E-state index contributed by atoms with van der Waals surface area (Å²) in [6.45, 7) is 2.48. The molecule has 0 bridgehead atoms. The first kappa shape index (κ1) is 21.6. The van der Waals surface area contributed by atoms with E-state index in [-0.39, 0.29) is 30.0 Å². The minimum Gasteiger partial charge on any atom is -0.349 e. The minimum atomic E-state index is -0.526. The average Bonchev–Trinajstić information content (AvgIpc) is 3.30. The molecule has 4 rings (SSSR count). The lowest BCUT2D eigenvalue weighted by Crippen LogP contribution is -2.41. The third-order valence-electron chi connectivity index (χ3n) is 5.51. The maximum absolute atomic E-state index is 13.3. The molecule has 3 heterocycles. The van der Waals surface area contributed by atoms with Crippen LogP contribution < -0.4 is 5.32 Å². The van der Waals surface area contributed by atoms with Crippen LogP contribution in [-0.2, 0) is 9.59 Å². The summed E-state index contributed by atoms with van der Waals surface area (Å²) < 4.78 is 18.8. The number of hydrogen-bond acceptors (Lipinski definition) is 6. The highest BCUT2D eigenvalue weighted by atomic mass is 19.1.